The molecule has 5 rings (SSSR count). The number of likely N-dealkylation sites (tertiary alicyclic amines) is 1. The van der Waals surface area contributed by atoms with E-state index in [9.17, 15) is 0 Å². The van der Waals surface area contributed by atoms with E-state index in [0.717, 1.165) is 55.0 Å². The number of hydrogen-bond acceptors (Lipinski definition) is 6. The van der Waals surface area contributed by atoms with Crippen LogP contribution in [0.4, 0.5) is 0 Å². The Hall–Kier alpha value is -2.28. The van der Waals surface area contributed by atoms with Gasteiger partial charge in [0, 0.05) is 24.3 Å². The first-order valence-electron chi connectivity index (χ1n) is 11.4. The van der Waals surface area contributed by atoms with E-state index in [1.54, 1.807) is 21.3 Å². The first kappa shape index (κ1) is 21.6. The van der Waals surface area contributed by atoms with Gasteiger partial charge in [0.1, 0.15) is 11.9 Å². The lowest BCUT2D eigenvalue weighted by atomic mass is 9.64. The molecule has 2 aromatic carbocycles. The van der Waals surface area contributed by atoms with Crippen molar-refractivity contribution in [2.45, 2.75) is 49.0 Å². The molecule has 32 heavy (non-hydrogen) atoms. The van der Waals surface area contributed by atoms with Crippen molar-refractivity contribution in [3.8, 4) is 17.2 Å². The molecule has 2 saturated heterocycles. The number of fused-ring (bicyclic) bond motifs is 1. The van der Waals surface area contributed by atoms with Crippen LogP contribution in [0.2, 0.25) is 0 Å². The third-order valence-electron chi connectivity index (χ3n) is 7.84. The molecule has 6 nitrogen and oxygen atoms in total. The second-order valence-electron chi connectivity index (χ2n) is 9.28. The van der Waals surface area contributed by atoms with Gasteiger partial charge in [-0.1, -0.05) is 18.2 Å². The van der Waals surface area contributed by atoms with Gasteiger partial charge in [0.2, 0.25) is 0 Å². The van der Waals surface area contributed by atoms with Gasteiger partial charge in [0.25, 0.3) is 0 Å². The summed E-state index contributed by atoms with van der Waals surface area (Å²) in [4.78, 5) is 2.48. The number of methoxy groups -OCH3 is 3. The van der Waals surface area contributed by atoms with Gasteiger partial charge in [0.15, 0.2) is 17.3 Å². The maximum Gasteiger partial charge on any atom is 0.170 e. The summed E-state index contributed by atoms with van der Waals surface area (Å²) in [6.45, 7) is 1.66. The predicted octanol–water partition coefficient (Wildman–Crippen LogP) is 4.32. The van der Waals surface area contributed by atoms with Gasteiger partial charge in [0.05, 0.1) is 27.9 Å². The molecule has 1 saturated carbocycles. The average Bonchev–Trinajstić information content (AvgIpc) is 3.41. The Morgan fingerprint density at radius 1 is 0.906 bits per heavy atom. The molecule has 172 valence electrons. The third-order valence-corrected chi connectivity index (χ3v) is 7.84. The zero-order chi connectivity index (χ0) is 22.3. The SMILES string of the molecule is COc1ccc(C2COC3(CC[C@@]4(c5ccc(OC)c(OC)c5)CCN(C)[C@H]4C3)O2)cc1. The van der Waals surface area contributed by atoms with Crippen molar-refractivity contribution in [1.82, 2.24) is 4.90 Å². The summed E-state index contributed by atoms with van der Waals surface area (Å²) in [6, 6.07) is 14.9. The second-order valence-corrected chi connectivity index (χ2v) is 9.28. The first-order chi connectivity index (χ1) is 15.5. The number of ether oxygens (including phenoxy) is 5. The highest BCUT2D eigenvalue weighted by molar-refractivity contribution is 5.46. The highest BCUT2D eigenvalue weighted by atomic mass is 16.7. The van der Waals surface area contributed by atoms with Gasteiger partial charge >= 0.3 is 0 Å². The van der Waals surface area contributed by atoms with Crippen LogP contribution in [0, 0.1) is 0 Å². The summed E-state index contributed by atoms with van der Waals surface area (Å²) in [5, 5.41) is 0. The maximum absolute atomic E-state index is 6.63. The molecule has 0 N–H and O–H groups in total. The molecule has 0 bridgehead atoms. The largest absolute Gasteiger partial charge is 0.497 e. The number of hydrogen-bond donors (Lipinski definition) is 0. The second kappa shape index (κ2) is 8.25. The summed E-state index contributed by atoms with van der Waals surface area (Å²) >= 11 is 0. The van der Waals surface area contributed by atoms with E-state index in [1.807, 2.05) is 18.2 Å². The van der Waals surface area contributed by atoms with Crippen LogP contribution in [0.1, 0.15) is 42.9 Å². The lowest BCUT2D eigenvalue weighted by molar-refractivity contribution is -0.204. The predicted molar refractivity (Wildman–Crippen MR) is 122 cm³/mol. The molecule has 2 aliphatic heterocycles. The summed E-state index contributed by atoms with van der Waals surface area (Å²) < 4.78 is 29.4. The average molecular weight is 440 g/mol. The molecule has 0 amide bonds. The normalized spacial score (nSPS) is 32.1. The zero-order valence-electron chi connectivity index (χ0n) is 19.4. The highest BCUT2D eigenvalue weighted by Gasteiger charge is 2.57. The Morgan fingerprint density at radius 3 is 2.41 bits per heavy atom. The molecule has 0 aromatic heterocycles. The van der Waals surface area contributed by atoms with Crippen molar-refractivity contribution >= 4 is 0 Å². The van der Waals surface area contributed by atoms with E-state index in [1.165, 1.54) is 5.56 Å². The number of likely N-dealkylation sites (N-methyl/N-ethyl adjacent to an activating group) is 1. The fraction of sp³-hybridized carbons (Fsp3) is 0.538. The van der Waals surface area contributed by atoms with Crippen molar-refractivity contribution in [2.24, 2.45) is 0 Å². The van der Waals surface area contributed by atoms with Gasteiger partial charge in [-0.25, -0.2) is 0 Å². The van der Waals surface area contributed by atoms with Crippen molar-refractivity contribution in [3.05, 3.63) is 53.6 Å². The highest BCUT2D eigenvalue weighted by Crippen LogP contribution is 2.55. The summed E-state index contributed by atoms with van der Waals surface area (Å²) in [7, 11) is 7.29. The summed E-state index contributed by atoms with van der Waals surface area (Å²) in [5.41, 5.74) is 2.54. The Bertz CT molecular complexity index is 963. The van der Waals surface area contributed by atoms with E-state index in [4.69, 9.17) is 23.7 Å². The van der Waals surface area contributed by atoms with Crippen LogP contribution in [0.3, 0.4) is 0 Å². The number of benzene rings is 2. The lowest BCUT2D eigenvalue weighted by Gasteiger charge is -2.48. The first-order valence-corrected chi connectivity index (χ1v) is 11.4. The van der Waals surface area contributed by atoms with Gasteiger partial charge in [-0.15, -0.1) is 0 Å². The molecule has 0 radical (unpaired) electrons. The number of rotatable bonds is 5. The molecule has 3 aliphatic rings. The van der Waals surface area contributed by atoms with Gasteiger partial charge in [-0.2, -0.15) is 0 Å². The topological polar surface area (TPSA) is 49.4 Å². The van der Waals surface area contributed by atoms with Crippen LogP contribution in [0.15, 0.2) is 42.5 Å². The lowest BCUT2D eigenvalue weighted by Crippen LogP contribution is -2.52. The Morgan fingerprint density at radius 2 is 1.69 bits per heavy atom. The van der Waals surface area contributed by atoms with Gasteiger partial charge < -0.3 is 28.6 Å². The fourth-order valence-electron chi connectivity index (χ4n) is 5.98. The molecule has 3 fully saturated rings. The van der Waals surface area contributed by atoms with Gasteiger partial charge in [-0.3, -0.25) is 0 Å². The van der Waals surface area contributed by atoms with Crippen molar-refractivity contribution in [3.63, 3.8) is 0 Å². The minimum absolute atomic E-state index is 0.0406. The summed E-state index contributed by atoms with van der Waals surface area (Å²) in [5.74, 6) is 1.90. The van der Waals surface area contributed by atoms with Crippen LogP contribution >= 0.6 is 0 Å². The Labute approximate surface area is 190 Å². The zero-order valence-corrected chi connectivity index (χ0v) is 19.4. The Kier molecular flexibility index (Phi) is 5.56. The molecular formula is C26H33NO5. The molecule has 2 heterocycles. The molecule has 2 unspecified atom stereocenters. The molecule has 1 spiro atoms. The molecule has 4 atom stereocenters. The summed E-state index contributed by atoms with van der Waals surface area (Å²) in [6.07, 6.45) is 3.86. The smallest absolute Gasteiger partial charge is 0.170 e. The molecule has 2 aromatic rings. The minimum atomic E-state index is -0.520. The van der Waals surface area contributed by atoms with E-state index >= 15 is 0 Å². The van der Waals surface area contributed by atoms with Crippen molar-refractivity contribution in [2.75, 3.05) is 41.5 Å². The molecular weight excluding hydrogens is 406 g/mol. The quantitative estimate of drug-likeness (QED) is 0.692. The molecule has 6 heteroatoms. The minimum Gasteiger partial charge on any atom is -0.497 e. The van der Waals surface area contributed by atoms with Crippen LogP contribution in [-0.4, -0.2) is 58.3 Å². The van der Waals surface area contributed by atoms with Crippen molar-refractivity contribution < 1.29 is 23.7 Å². The van der Waals surface area contributed by atoms with E-state index < -0.39 is 5.79 Å². The monoisotopic (exact) mass is 439 g/mol. The van der Waals surface area contributed by atoms with E-state index in [0.29, 0.717) is 12.6 Å². The van der Waals surface area contributed by atoms with Crippen LogP contribution in [0.5, 0.6) is 17.2 Å². The van der Waals surface area contributed by atoms with Crippen LogP contribution in [-0.2, 0) is 14.9 Å². The van der Waals surface area contributed by atoms with Crippen LogP contribution < -0.4 is 14.2 Å². The fourth-order valence-corrected chi connectivity index (χ4v) is 5.98. The van der Waals surface area contributed by atoms with E-state index in [2.05, 4.69) is 36.2 Å². The van der Waals surface area contributed by atoms with Gasteiger partial charge in [-0.05, 0) is 61.8 Å². The third kappa shape index (κ3) is 3.45. The number of nitrogens with zero attached hydrogens (tertiary/aromatic N) is 1. The maximum atomic E-state index is 6.63. The van der Waals surface area contributed by atoms with Crippen molar-refractivity contribution in [1.29, 1.82) is 0 Å². The molecule has 1 aliphatic carbocycles. The standard InChI is InChI=1S/C26H33NO5/c1-27-14-13-25(19-7-10-21(29-3)22(15-19)30-4)11-12-26(16-24(25)27)31-17-23(32-26)18-5-8-20(28-2)9-6-18/h5-10,15,23-24H,11-14,16-17H2,1-4H3/t23?,24-,25-,26?/m0/s1. The Balaban J connectivity index is 1.39. The van der Waals surface area contributed by atoms with Crippen LogP contribution in [0.25, 0.3) is 0 Å². The van der Waals surface area contributed by atoms with E-state index in [-0.39, 0.29) is 11.5 Å².